The minimum absolute atomic E-state index is 0.173. The molecule has 2 aromatic carbocycles. The average Bonchev–Trinajstić information content (AvgIpc) is 3.26. The number of carbonyl (C=O) groups is 2. The van der Waals surface area contributed by atoms with Gasteiger partial charge in [0.2, 0.25) is 5.91 Å². The fourth-order valence-electron chi connectivity index (χ4n) is 3.20. The van der Waals surface area contributed by atoms with E-state index in [2.05, 4.69) is 16.6 Å². The lowest BCUT2D eigenvalue weighted by Crippen LogP contribution is -2.34. The lowest BCUT2D eigenvalue weighted by molar-refractivity contribution is -0.384. The quantitative estimate of drug-likeness (QED) is 0.447. The largest absolute Gasteiger partial charge is 0.371 e. The number of amides is 2. The van der Waals surface area contributed by atoms with Crippen molar-refractivity contribution in [3.8, 4) is 12.3 Å². The van der Waals surface area contributed by atoms with Crippen LogP contribution in [0.2, 0.25) is 0 Å². The van der Waals surface area contributed by atoms with Gasteiger partial charge >= 0.3 is 0 Å². The molecule has 0 saturated carbocycles. The minimum atomic E-state index is -0.546. The van der Waals surface area contributed by atoms with Crippen molar-refractivity contribution in [3.05, 3.63) is 63.7 Å². The van der Waals surface area contributed by atoms with Crippen molar-refractivity contribution in [2.75, 3.05) is 29.9 Å². The molecular formula is C21H20N4O4. The van der Waals surface area contributed by atoms with Crippen LogP contribution in [0, 0.1) is 22.5 Å². The summed E-state index contributed by atoms with van der Waals surface area (Å²) in [5, 5.41) is 16.3. The normalized spacial score (nSPS) is 12.9. The van der Waals surface area contributed by atoms with E-state index in [1.807, 2.05) is 4.90 Å². The van der Waals surface area contributed by atoms with Gasteiger partial charge in [0.15, 0.2) is 0 Å². The molecule has 0 aliphatic carbocycles. The molecule has 0 unspecified atom stereocenters. The first-order chi connectivity index (χ1) is 14.0. The molecule has 0 atom stereocenters. The molecule has 29 heavy (non-hydrogen) atoms. The van der Waals surface area contributed by atoms with Gasteiger partial charge in [0.25, 0.3) is 11.6 Å². The van der Waals surface area contributed by atoms with Gasteiger partial charge in [-0.25, -0.2) is 0 Å². The number of hydrogen-bond donors (Lipinski definition) is 2. The third-order valence-electron chi connectivity index (χ3n) is 4.60. The Morgan fingerprint density at radius 3 is 2.62 bits per heavy atom. The van der Waals surface area contributed by atoms with Gasteiger partial charge in [-0.05, 0) is 37.1 Å². The highest BCUT2D eigenvalue weighted by Crippen LogP contribution is 2.28. The molecule has 0 radical (unpaired) electrons. The van der Waals surface area contributed by atoms with E-state index < -0.39 is 16.7 Å². The second kappa shape index (κ2) is 8.89. The monoisotopic (exact) mass is 392 g/mol. The molecule has 2 N–H and O–H groups in total. The number of hydrogen-bond acceptors (Lipinski definition) is 5. The summed E-state index contributed by atoms with van der Waals surface area (Å²) in [6.07, 6.45) is 7.33. The van der Waals surface area contributed by atoms with Crippen molar-refractivity contribution in [1.82, 2.24) is 5.32 Å². The molecule has 8 nitrogen and oxygen atoms in total. The van der Waals surface area contributed by atoms with Crippen LogP contribution in [0.4, 0.5) is 17.1 Å². The predicted molar refractivity (Wildman–Crippen MR) is 110 cm³/mol. The molecule has 2 amide bonds. The van der Waals surface area contributed by atoms with Crippen LogP contribution in [0.25, 0.3) is 0 Å². The maximum absolute atomic E-state index is 12.7. The van der Waals surface area contributed by atoms with Crippen LogP contribution in [0.5, 0.6) is 0 Å². The SMILES string of the molecule is C#Cc1cccc(NC(=O)CNC(=O)c2cc([N+](=O)[O-])ccc2N2CCCC2)c1. The van der Waals surface area contributed by atoms with E-state index in [-0.39, 0.29) is 17.8 Å². The number of nitrogens with one attached hydrogen (secondary N) is 2. The zero-order valence-corrected chi connectivity index (χ0v) is 15.7. The zero-order valence-electron chi connectivity index (χ0n) is 15.7. The van der Waals surface area contributed by atoms with Gasteiger partial charge in [0, 0.05) is 36.5 Å². The number of carbonyl (C=O) groups excluding carboxylic acids is 2. The number of rotatable bonds is 6. The van der Waals surface area contributed by atoms with Gasteiger partial charge in [-0.3, -0.25) is 19.7 Å². The number of nitro benzene ring substituents is 1. The third kappa shape index (κ3) is 4.90. The minimum Gasteiger partial charge on any atom is -0.371 e. The first-order valence-corrected chi connectivity index (χ1v) is 9.16. The predicted octanol–water partition coefficient (Wildman–Crippen LogP) is 2.54. The summed E-state index contributed by atoms with van der Waals surface area (Å²) in [4.78, 5) is 37.4. The molecule has 3 rings (SSSR count). The Bertz CT molecular complexity index is 990. The van der Waals surface area contributed by atoms with E-state index in [4.69, 9.17) is 6.42 Å². The summed E-state index contributed by atoms with van der Waals surface area (Å²) in [5.74, 6) is 1.51. The molecule has 0 bridgehead atoms. The van der Waals surface area contributed by atoms with Crippen LogP contribution < -0.4 is 15.5 Å². The maximum atomic E-state index is 12.7. The lowest BCUT2D eigenvalue weighted by atomic mass is 10.1. The molecule has 148 valence electrons. The molecule has 1 aliphatic rings. The van der Waals surface area contributed by atoms with Gasteiger partial charge < -0.3 is 15.5 Å². The summed E-state index contributed by atoms with van der Waals surface area (Å²) < 4.78 is 0. The molecule has 1 heterocycles. The highest BCUT2D eigenvalue weighted by molar-refractivity contribution is 6.03. The number of non-ortho nitro benzene ring substituents is 1. The molecule has 8 heteroatoms. The Morgan fingerprint density at radius 2 is 1.93 bits per heavy atom. The van der Waals surface area contributed by atoms with Gasteiger partial charge in [0.05, 0.1) is 22.7 Å². The van der Waals surface area contributed by atoms with Crippen molar-refractivity contribution >= 4 is 28.9 Å². The zero-order chi connectivity index (χ0) is 20.8. The van der Waals surface area contributed by atoms with Crippen LogP contribution in [-0.4, -0.2) is 36.4 Å². The third-order valence-corrected chi connectivity index (χ3v) is 4.60. The molecule has 1 fully saturated rings. The van der Waals surface area contributed by atoms with Gasteiger partial charge in [-0.15, -0.1) is 6.42 Å². The Labute approximate surface area is 168 Å². The molecule has 2 aromatic rings. The van der Waals surface area contributed by atoms with Crippen LogP contribution in [0.15, 0.2) is 42.5 Å². The van der Waals surface area contributed by atoms with Gasteiger partial charge in [-0.1, -0.05) is 12.0 Å². The first kappa shape index (κ1) is 19.9. The maximum Gasteiger partial charge on any atom is 0.270 e. The molecular weight excluding hydrogens is 372 g/mol. The van der Waals surface area contributed by atoms with Crippen molar-refractivity contribution in [3.63, 3.8) is 0 Å². The van der Waals surface area contributed by atoms with Crippen molar-refractivity contribution in [2.24, 2.45) is 0 Å². The highest BCUT2D eigenvalue weighted by Gasteiger charge is 2.22. The summed E-state index contributed by atoms with van der Waals surface area (Å²) in [7, 11) is 0. The van der Waals surface area contributed by atoms with Crippen LogP contribution >= 0.6 is 0 Å². The topological polar surface area (TPSA) is 105 Å². The Kier molecular flexibility index (Phi) is 6.09. The van der Waals surface area contributed by atoms with Crippen molar-refractivity contribution in [2.45, 2.75) is 12.8 Å². The van der Waals surface area contributed by atoms with E-state index in [0.29, 0.717) is 16.9 Å². The van der Waals surface area contributed by atoms with Crippen LogP contribution in [0.1, 0.15) is 28.8 Å². The molecule has 1 saturated heterocycles. The number of terminal acetylenes is 1. The van der Waals surface area contributed by atoms with E-state index in [1.165, 1.54) is 12.1 Å². The summed E-state index contributed by atoms with van der Waals surface area (Å²) in [6.45, 7) is 1.29. The fourth-order valence-corrected chi connectivity index (χ4v) is 3.20. The Hall–Kier alpha value is -3.86. The molecule has 1 aliphatic heterocycles. The number of benzene rings is 2. The molecule has 0 aromatic heterocycles. The summed E-state index contributed by atoms with van der Waals surface area (Å²) in [5.41, 5.74) is 1.79. The van der Waals surface area contributed by atoms with Gasteiger partial charge in [-0.2, -0.15) is 0 Å². The number of anilines is 2. The van der Waals surface area contributed by atoms with Crippen molar-refractivity contribution < 1.29 is 14.5 Å². The Balaban J connectivity index is 1.70. The van der Waals surface area contributed by atoms with Crippen LogP contribution in [-0.2, 0) is 4.79 Å². The molecule has 0 spiro atoms. The smallest absolute Gasteiger partial charge is 0.270 e. The standard InChI is InChI=1S/C21H20N4O4/c1-2-15-6-5-7-16(12-15)23-20(26)14-22-21(27)18-13-17(25(28)29)8-9-19(18)24-10-3-4-11-24/h1,5-9,12-13H,3-4,10-11,14H2,(H,22,27)(H,23,26). The average molecular weight is 392 g/mol. The number of nitrogens with zero attached hydrogens (tertiary/aromatic N) is 2. The lowest BCUT2D eigenvalue weighted by Gasteiger charge is -2.20. The van der Waals surface area contributed by atoms with E-state index >= 15 is 0 Å². The van der Waals surface area contributed by atoms with Crippen LogP contribution in [0.3, 0.4) is 0 Å². The summed E-state index contributed by atoms with van der Waals surface area (Å²) >= 11 is 0. The summed E-state index contributed by atoms with van der Waals surface area (Å²) in [6, 6.07) is 11.0. The van der Waals surface area contributed by atoms with Gasteiger partial charge in [0.1, 0.15) is 0 Å². The number of nitro groups is 1. The Morgan fingerprint density at radius 1 is 1.17 bits per heavy atom. The van der Waals surface area contributed by atoms with E-state index in [9.17, 15) is 19.7 Å². The van der Waals surface area contributed by atoms with E-state index in [1.54, 1.807) is 30.3 Å². The highest BCUT2D eigenvalue weighted by atomic mass is 16.6. The van der Waals surface area contributed by atoms with Crippen molar-refractivity contribution in [1.29, 1.82) is 0 Å². The fraction of sp³-hybridized carbons (Fsp3) is 0.238. The first-order valence-electron chi connectivity index (χ1n) is 9.16. The van der Waals surface area contributed by atoms with E-state index in [0.717, 1.165) is 25.9 Å². The second-order valence-electron chi connectivity index (χ2n) is 6.61. The second-order valence-corrected chi connectivity index (χ2v) is 6.61.